The van der Waals surface area contributed by atoms with Gasteiger partial charge in [0.05, 0.1) is 4.88 Å². The predicted molar refractivity (Wildman–Crippen MR) is 39.8 cm³/mol. The molecule has 1 aromatic heterocycles. The second kappa shape index (κ2) is 2.75. The van der Waals surface area contributed by atoms with Crippen LogP contribution in [0.5, 0.6) is 0 Å². The van der Waals surface area contributed by atoms with Crippen LogP contribution in [-0.2, 0) is 0 Å². The molecule has 0 saturated heterocycles. The van der Waals surface area contributed by atoms with Crippen LogP contribution in [0.4, 0.5) is 4.39 Å². The Morgan fingerprint density at radius 2 is 2.50 bits per heavy atom. The molecule has 0 amide bonds. The van der Waals surface area contributed by atoms with Crippen molar-refractivity contribution in [1.82, 2.24) is 0 Å². The van der Waals surface area contributed by atoms with Crippen LogP contribution < -0.4 is 0 Å². The van der Waals surface area contributed by atoms with Gasteiger partial charge in [0.15, 0.2) is 6.29 Å². The van der Waals surface area contributed by atoms with Crippen molar-refractivity contribution < 1.29 is 9.18 Å². The lowest BCUT2D eigenvalue weighted by Crippen LogP contribution is -1.78. The highest BCUT2D eigenvalue weighted by Crippen LogP contribution is 2.21. The summed E-state index contributed by atoms with van der Waals surface area (Å²) in [5, 5.41) is 1.66. The van der Waals surface area contributed by atoms with Crippen LogP contribution in [0, 0.1) is 0 Å². The molecule has 0 atom stereocenters. The lowest BCUT2D eigenvalue weighted by Gasteiger charge is -1.88. The highest BCUT2D eigenvalue weighted by Gasteiger charge is 2.04. The Hall–Kier alpha value is -0.960. The van der Waals surface area contributed by atoms with Gasteiger partial charge in [0, 0.05) is 5.56 Å². The Labute approximate surface area is 61.8 Å². The van der Waals surface area contributed by atoms with Gasteiger partial charge >= 0.3 is 0 Å². The largest absolute Gasteiger partial charge is 0.297 e. The summed E-state index contributed by atoms with van der Waals surface area (Å²) < 4.78 is 12.4. The van der Waals surface area contributed by atoms with Crippen molar-refractivity contribution >= 4 is 23.4 Å². The monoisotopic (exact) mass is 156 g/mol. The Morgan fingerprint density at radius 3 is 2.90 bits per heavy atom. The molecule has 0 fully saturated rings. The van der Waals surface area contributed by atoms with Gasteiger partial charge in [-0.15, -0.1) is 11.3 Å². The van der Waals surface area contributed by atoms with Crippen molar-refractivity contribution in [2.45, 2.75) is 0 Å². The molecular weight excluding hydrogens is 151 g/mol. The zero-order valence-electron chi connectivity index (χ0n) is 5.13. The quantitative estimate of drug-likeness (QED) is 0.601. The lowest BCUT2D eigenvalue weighted by molar-refractivity contribution is 0.112. The highest BCUT2D eigenvalue weighted by molar-refractivity contribution is 7.12. The zero-order chi connectivity index (χ0) is 7.56. The lowest BCUT2D eigenvalue weighted by atomic mass is 10.2. The van der Waals surface area contributed by atoms with Gasteiger partial charge in [0.1, 0.15) is 5.83 Å². The van der Waals surface area contributed by atoms with Gasteiger partial charge in [-0.3, -0.25) is 4.79 Å². The minimum atomic E-state index is -0.552. The van der Waals surface area contributed by atoms with Gasteiger partial charge in [-0.1, -0.05) is 6.58 Å². The van der Waals surface area contributed by atoms with Crippen LogP contribution in [-0.4, -0.2) is 6.29 Å². The molecule has 0 aliphatic heterocycles. The molecule has 0 aliphatic carbocycles. The van der Waals surface area contributed by atoms with E-state index in [0.29, 0.717) is 16.7 Å². The van der Waals surface area contributed by atoms with Gasteiger partial charge in [0.25, 0.3) is 0 Å². The molecule has 1 heterocycles. The van der Waals surface area contributed by atoms with E-state index in [1.807, 2.05) is 0 Å². The molecule has 1 rings (SSSR count). The summed E-state index contributed by atoms with van der Waals surface area (Å²) in [5.74, 6) is -0.552. The van der Waals surface area contributed by atoms with Crippen LogP contribution in [0.1, 0.15) is 15.2 Å². The summed E-state index contributed by atoms with van der Waals surface area (Å²) in [4.78, 5) is 10.6. The van der Waals surface area contributed by atoms with E-state index in [-0.39, 0.29) is 0 Å². The Balaban J connectivity index is 3.13. The van der Waals surface area contributed by atoms with E-state index in [4.69, 9.17) is 0 Å². The molecule has 10 heavy (non-hydrogen) atoms. The summed E-state index contributed by atoms with van der Waals surface area (Å²) in [7, 11) is 0. The van der Waals surface area contributed by atoms with E-state index in [1.165, 1.54) is 17.4 Å². The fraction of sp³-hybridized carbons (Fsp3) is 0. The van der Waals surface area contributed by atoms with E-state index in [1.54, 1.807) is 5.38 Å². The third kappa shape index (κ3) is 1.14. The molecule has 0 aliphatic rings. The number of rotatable bonds is 2. The number of hydrogen-bond donors (Lipinski definition) is 0. The molecule has 52 valence electrons. The summed E-state index contributed by atoms with van der Waals surface area (Å²) in [6.07, 6.45) is 0.630. The van der Waals surface area contributed by atoms with Crippen LogP contribution in [0.3, 0.4) is 0 Å². The van der Waals surface area contributed by atoms with E-state index in [2.05, 4.69) is 6.58 Å². The first-order valence-corrected chi connectivity index (χ1v) is 3.51. The van der Waals surface area contributed by atoms with Crippen LogP contribution in [0.15, 0.2) is 18.0 Å². The molecule has 0 unspecified atom stereocenters. The second-order valence-corrected chi connectivity index (χ2v) is 2.67. The summed E-state index contributed by atoms with van der Waals surface area (Å²) in [6.45, 7) is 3.09. The standard InChI is InChI=1S/C7H5FOS/c1-5(8)6-2-3-10-7(6)4-9/h2-4H,1H2. The number of hydrogen-bond acceptors (Lipinski definition) is 2. The molecule has 1 aromatic rings. The average molecular weight is 156 g/mol. The highest BCUT2D eigenvalue weighted by atomic mass is 32.1. The van der Waals surface area contributed by atoms with Crippen LogP contribution in [0.2, 0.25) is 0 Å². The van der Waals surface area contributed by atoms with Gasteiger partial charge in [-0.2, -0.15) is 0 Å². The molecule has 0 spiro atoms. The van der Waals surface area contributed by atoms with Crippen molar-refractivity contribution in [2.75, 3.05) is 0 Å². The average Bonchev–Trinajstić information content (AvgIpc) is 2.33. The maximum absolute atomic E-state index is 12.4. The van der Waals surface area contributed by atoms with Crippen molar-refractivity contribution in [3.8, 4) is 0 Å². The maximum atomic E-state index is 12.4. The Morgan fingerprint density at radius 1 is 1.80 bits per heavy atom. The molecule has 0 aromatic carbocycles. The molecule has 1 nitrogen and oxygen atoms in total. The molecule has 3 heteroatoms. The third-order valence-electron chi connectivity index (χ3n) is 1.09. The SMILES string of the molecule is C=C(F)c1ccsc1C=O. The summed E-state index contributed by atoms with van der Waals surface area (Å²) in [5.41, 5.74) is 0.306. The van der Waals surface area contributed by atoms with Gasteiger partial charge in [-0.25, -0.2) is 4.39 Å². The first-order chi connectivity index (χ1) is 4.75. The zero-order valence-corrected chi connectivity index (χ0v) is 5.95. The van der Waals surface area contributed by atoms with E-state index in [0.717, 1.165) is 0 Å². The fourth-order valence-corrected chi connectivity index (χ4v) is 1.35. The summed E-state index contributed by atoms with van der Waals surface area (Å²) >= 11 is 1.21. The third-order valence-corrected chi connectivity index (χ3v) is 1.94. The smallest absolute Gasteiger partial charge is 0.160 e. The van der Waals surface area contributed by atoms with Gasteiger partial charge < -0.3 is 0 Å². The number of carbonyl (C=O) groups excluding carboxylic acids is 1. The topological polar surface area (TPSA) is 17.1 Å². The Kier molecular flexibility index (Phi) is 1.97. The molecule has 0 bridgehead atoms. The summed E-state index contributed by atoms with van der Waals surface area (Å²) in [6, 6.07) is 1.54. The van der Waals surface area contributed by atoms with Crippen LogP contribution in [0.25, 0.3) is 5.83 Å². The van der Waals surface area contributed by atoms with Crippen molar-refractivity contribution in [2.24, 2.45) is 0 Å². The van der Waals surface area contributed by atoms with E-state index >= 15 is 0 Å². The van der Waals surface area contributed by atoms with Gasteiger partial charge in [-0.05, 0) is 11.4 Å². The molecule has 0 radical (unpaired) electrons. The second-order valence-electron chi connectivity index (χ2n) is 1.72. The molecule has 0 N–H and O–H groups in total. The van der Waals surface area contributed by atoms with Crippen molar-refractivity contribution in [1.29, 1.82) is 0 Å². The maximum Gasteiger partial charge on any atom is 0.160 e. The molecule has 0 saturated carbocycles. The minimum Gasteiger partial charge on any atom is -0.297 e. The van der Waals surface area contributed by atoms with Crippen molar-refractivity contribution in [3.63, 3.8) is 0 Å². The van der Waals surface area contributed by atoms with Gasteiger partial charge in [0.2, 0.25) is 0 Å². The fourth-order valence-electron chi connectivity index (χ4n) is 0.636. The first-order valence-electron chi connectivity index (χ1n) is 2.63. The predicted octanol–water partition coefficient (Wildman–Crippen LogP) is 2.50. The number of carbonyl (C=O) groups is 1. The Bertz CT molecular complexity index is 264. The number of thiophene rings is 1. The van der Waals surface area contributed by atoms with E-state index < -0.39 is 5.83 Å². The van der Waals surface area contributed by atoms with Crippen LogP contribution >= 0.6 is 11.3 Å². The van der Waals surface area contributed by atoms with Crippen molar-refractivity contribution in [3.05, 3.63) is 28.5 Å². The van der Waals surface area contributed by atoms with E-state index in [9.17, 15) is 9.18 Å². The molecular formula is C7H5FOS. The normalized spacial score (nSPS) is 9.30. The minimum absolute atomic E-state index is 0.306. The first kappa shape index (κ1) is 7.15. The number of aldehydes is 1. The number of halogens is 1.